The number of thiazole rings is 1. The third kappa shape index (κ3) is 6.39. The van der Waals surface area contributed by atoms with Gasteiger partial charge in [-0.05, 0) is 42.5 Å². The molecule has 0 radical (unpaired) electrons. The Morgan fingerprint density at radius 3 is 2.38 bits per heavy atom. The van der Waals surface area contributed by atoms with E-state index in [0.717, 1.165) is 21.7 Å². The molecule has 3 aromatic rings. The molecule has 1 aliphatic heterocycles. The first-order chi connectivity index (χ1) is 18.9. The van der Waals surface area contributed by atoms with Crippen molar-refractivity contribution in [3.63, 3.8) is 0 Å². The fourth-order valence-electron chi connectivity index (χ4n) is 4.87. The van der Waals surface area contributed by atoms with Crippen molar-refractivity contribution in [2.45, 2.75) is 65.3 Å². The van der Waals surface area contributed by atoms with Gasteiger partial charge in [0, 0.05) is 13.0 Å². The molecule has 0 saturated carbocycles. The number of aliphatic hydroxyl groups excluding tert-OH is 1. The highest BCUT2D eigenvalue weighted by Crippen LogP contribution is 2.29. The van der Waals surface area contributed by atoms with E-state index in [1.807, 2.05) is 38.1 Å². The summed E-state index contributed by atoms with van der Waals surface area (Å²) in [5, 5.41) is 16.1. The van der Waals surface area contributed by atoms with Crippen molar-refractivity contribution in [3.8, 4) is 10.4 Å². The van der Waals surface area contributed by atoms with Gasteiger partial charge >= 0.3 is 0 Å². The fourth-order valence-corrected chi connectivity index (χ4v) is 5.68. The van der Waals surface area contributed by atoms with Gasteiger partial charge in [0.25, 0.3) is 5.91 Å². The van der Waals surface area contributed by atoms with Crippen LogP contribution in [0.4, 0.5) is 4.39 Å². The summed E-state index contributed by atoms with van der Waals surface area (Å²) >= 11 is 1.57. The second kappa shape index (κ2) is 11.9. The van der Waals surface area contributed by atoms with E-state index in [1.54, 1.807) is 37.6 Å². The topological polar surface area (TPSA) is 112 Å². The molecule has 3 amide bonds. The number of nitrogens with zero attached hydrogens (tertiary/aromatic N) is 2. The standard InChI is InChI=1S/C30H35FN4O4S/c1-17(19-10-12-20(13-11-19)25-18(2)32-16-40-25)33-28(38)24-14-21(36)15-35(24)29(39)26(30(3,4)5)34-27(37)22-8-6-7-9-23(22)31/h6-13,16-17,21,24,26,36H,14-15H2,1-5H3,(H,33,38)(H,34,37)/t17-,21+,24-,26+/m0/s1. The number of carbonyl (C=O) groups excluding carboxylic acids is 3. The first-order valence-corrected chi connectivity index (χ1v) is 14.1. The van der Waals surface area contributed by atoms with Crippen LogP contribution >= 0.6 is 11.3 Å². The Labute approximate surface area is 237 Å². The summed E-state index contributed by atoms with van der Waals surface area (Å²) in [6.07, 6.45) is -0.814. The number of hydrogen-bond donors (Lipinski definition) is 3. The average Bonchev–Trinajstić information content (AvgIpc) is 3.51. The Morgan fingerprint density at radius 1 is 1.10 bits per heavy atom. The number of aromatic nitrogens is 1. The van der Waals surface area contributed by atoms with Gasteiger partial charge in [-0.25, -0.2) is 9.37 Å². The number of hydrogen-bond acceptors (Lipinski definition) is 6. The Hall–Kier alpha value is -3.63. The molecule has 0 unspecified atom stereocenters. The highest BCUT2D eigenvalue weighted by molar-refractivity contribution is 7.13. The predicted molar refractivity (Wildman–Crippen MR) is 152 cm³/mol. The number of rotatable bonds is 7. The molecule has 40 heavy (non-hydrogen) atoms. The Balaban J connectivity index is 1.48. The van der Waals surface area contributed by atoms with E-state index in [9.17, 15) is 23.9 Å². The predicted octanol–water partition coefficient (Wildman–Crippen LogP) is 4.24. The molecule has 0 bridgehead atoms. The number of aryl methyl sites for hydroxylation is 1. The molecule has 0 spiro atoms. The van der Waals surface area contributed by atoms with Gasteiger partial charge in [-0.2, -0.15) is 0 Å². The highest BCUT2D eigenvalue weighted by Gasteiger charge is 2.44. The molecule has 1 aliphatic rings. The quantitative estimate of drug-likeness (QED) is 0.396. The third-order valence-electron chi connectivity index (χ3n) is 7.15. The minimum atomic E-state index is -1.06. The number of carbonyl (C=O) groups is 3. The minimum absolute atomic E-state index is 0.0453. The van der Waals surface area contributed by atoms with E-state index in [-0.39, 0.29) is 24.6 Å². The average molecular weight is 567 g/mol. The molecule has 4 atom stereocenters. The van der Waals surface area contributed by atoms with Crippen molar-refractivity contribution in [1.29, 1.82) is 0 Å². The van der Waals surface area contributed by atoms with E-state index < -0.39 is 47.1 Å². The molecule has 0 aliphatic carbocycles. The molecule has 1 aromatic heterocycles. The van der Waals surface area contributed by atoms with Crippen molar-refractivity contribution >= 4 is 29.1 Å². The van der Waals surface area contributed by atoms with Crippen LogP contribution in [0.5, 0.6) is 0 Å². The number of nitrogens with one attached hydrogen (secondary N) is 2. The van der Waals surface area contributed by atoms with Gasteiger partial charge in [-0.3, -0.25) is 14.4 Å². The lowest BCUT2D eigenvalue weighted by Gasteiger charge is -2.35. The SMILES string of the molecule is Cc1ncsc1-c1ccc([C@H](C)NC(=O)[C@@H]2C[C@@H](O)CN2C(=O)[C@@H](NC(=O)c2ccccc2F)C(C)(C)C)cc1. The van der Waals surface area contributed by atoms with Crippen molar-refractivity contribution in [1.82, 2.24) is 20.5 Å². The number of β-amino-alcohol motifs (C(OH)–C–C–N with tert-alkyl or cyclic N) is 1. The maximum absolute atomic E-state index is 14.2. The van der Waals surface area contributed by atoms with Crippen LogP contribution in [0, 0.1) is 18.2 Å². The molecule has 1 fully saturated rings. The smallest absolute Gasteiger partial charge is 0.254 e. The molecule has 2 heterocycles. The van der Waals surface area contributed by atoms with E-state index in [2.05, 4.69) is 15.6 Å². The third-order valence-corrected chi connectivity index (χ3v) is 8.13. The van der Waals surface area contributed by atoms with E-state index in [0.29, 0.717) is 0 Å². The lowest BCUT2D eigenvalue weighted by molar-refractivity contribution is -0.142. The molecule has 1 saturated heterocycles. The van der Waals surface area contributed by atoms with Crippen LogP contribution < -0.4 is 10.6 Å². The van der Waals surface area contributed by atoms with Crippen LogP contribution in [0.15, 0.2) is 54.0 Å². The second-order valence-electron chi connectivity index (χ2n) is 11.3. The summed E-state index contributed by atoms with van der Waals surface area (Å²) in [5.41, 5.74) is 3.77. The van der Waals surface area contributed by atoms with E-state index in [4.69, 9.17) is 0 Å². The summed E-state index contributed by atoms with van der Waals surface area (Å²) in [5.74, 6) is -2.32. The lowest BCUT2D eigenvalue weighted by Crippen LogP contribution is -2.58. The Morgan fingerprint density at radius 2 is 1.77 bits per heavy atom. The van der Waals surface area contributed by atoms with Gasteiger partial charge in [-0.15, -0.1) is 11.3 Å². The van der Waals surface area contributed by atoms with Crippen LogP contribution in [0.25, 0.3) is 10.4 Å². The zero-order valence-corrected chi connectivity index (χ0v) is 24.1. The summed E-state index contributed by atoms with van der Waals surface area (Å²) in [4.78, 5) is 46.7. The molecular formula is C30H35FN4O4S. The molecule has 212 valence electrons. The van der Waals surface area contributed by atoms with Crippen LogP contribution in [0.1, 0.15) is 61.8 Å². The van der Waals surface area contributed by atoms with Crippen LogP contribution in [0.2, 0.25) is 0 Å². The normalized spacial score (nSPS) is 18.7. The Kier molecular flexibility index (Phi) is 8.70. The number of aliphatic hydroxyl groups is 1. The molecular weight excluding hydrogens is 531 g/mol. The Bertz CT molecular complexity index is 1380. The minimum Gasteiger partial charge on any atom is -0.391 e. The summed E-state index contributed by atoms with van der Waals surface area (Å²) in [6.45, 7) is 9.10. The first kappa shape index (κ1) is 29.4. The zero-order chi connectivity index (χ0) is 29.2. The fraction of sp³-hybridized carbons (Fsp3) is 0.400. The maximum Gasteiger partial charge on any atom is 0.254 e. The molecule has 4 rings (SSSR count). The van der Waals surface area contributed by atoms with Crippen molar-refractivity contribution < 1.29 is 23.9 Å². The first-order valence-electron chi connectivity index (χ1n) is 13.2. The number of likely N-dealkylation sites (tertiary alicyclic amines) is 1. The van der Waals surface area contributed by atoms with Gasteiger partial charge in [-0.1, -0.05) is 57.2 Å². The van der Waals surface area contributed by atoms with Crippen molar-refractivity contribution in [2.24, 2.45) is 5.41 Å². The zero-order valence-electron chi connectivity index (χ0n) is 23.3. The monoisotopic (exact) mass is 566 g/mol. The molecule has 8 nitrogen and oxygen atoms in total. The van der Waals surface area contributed by atoms with Crippen LogP contribution in [-0.4, -0.2) is 57.4 Å². The molecule has 3 N–H and O–H groups in total. The van der Waals surface area contributed by atoms with Gasteiger partial charge in [0.2, 0.25) is 11.8 Å². The van der Waals surface area contributed by atoms with Gasteiger partial charge < -0.3 is 20.6 Å². The van der Waals surface area contributed by atoms with Gasteiger partial charge in [0.1, 0.15) is 17.9 Å². The maximum atomic E-state index is 14.2. The lowest BCUT2D eigenvalue weighted by atomic mass is 9.85. The van der Waals surface area contributed by atoms with Crippen molar-refractivity contribution in [3.05, 3.63) is 76.7 Å². The number of halogens is 1. The van der Waals surface area contributed by atoms with Crippen molar-refractivity contribution in [2.75, 3.05) is 6.54 Å². The van der Waals surface area contributed by atoms with E-state index in [1.165, 1.54) is 29.2 Å². The molecule has 10 heteroatoms. The van der Waals surface area contributed by atoms with Gasteiger partial charge in [0.05, 0.1) is 33.8 Å². The van der Waals surface area contributed by atoms with Gasteiger partial charge in [0.15, 0.2) is 0 Å². The summed E-state index contributed by atoms with van der Waals surface area (Å²) < 4.78 is 14.2. The largest absolute Gasteiger partial charge is 0.391 e. The number of benzene rings is 2. The van der Waals surface area contributed by atoms with Crippen LogP contribution in [-0.2, 0) is 9.59 Å². The van der Waals surface area contributed by atoms with E-state index >= 15 is 0 Å². The summed E-state index contributed by atoms with van der Waals surface area (Å²) in [7, 11) is 0. The second-order valence-corrected chi connectivity index (χ2v) is 12.1. The molecule has 2 aromatic carbocycles. The van der Waals surface area contributed by atoms with Crippen LogP contribution in [0.3, 0.4) is 0 Å². The number of amides is 3. The highest BCUT2D eigenvalue weighted by atomic mass is 32.1. The summed E-state index contributed by atoms with van der Waals surface area (Å²) in [6, 6.07) is 11.1.